The Balaban J connectivity index is 1.25. The number of nitrogens with zero attached hydrogens (tertiary/aromatic N) is 3. The van der Waals surface area contributed by atoms with Crippen LogP contribution in [0, 0.1) is 5.82 Å². The van der Waals surface area contributed by atoms with Crippen LogP contribution >= 0.6 is 0 Å². The number of benzene rings is 2. The normalized spacial score (nSPS) is 18.3. The van der Waals surface area contributed by atoms with Crippen molar-refractivity contribution in [2.45, 2.75) is 48.2 Å². The summed E-state index contributed by atoms with van der Waals surface area (Å²) in [7, 11) is -3.43. The van der Waals surface area contributed by atoms with Gasteiger partial charge in [-0.05, 0) is 74.6 Å². The number of ether oxygens (including phenoxy) is 1. The predicted molar refractivity (Wildman–Crippen MR) is 121 cm³/mol. The van der Waals surface area contributed by atoms with E-state index in [2.05, 4.69) is 10.1 Å². The van der Waals surface area contributed by atoms with Gasteiger partial charge in [0.05, 0.1) is 22.2 Å². The lowest BCUT2D eigenvalue weighted by atomic mass is 9.95. The molecule has 0 atom stereocenters. The summed E-state index contributed by atoms with van der Waals surface area (Å²) in [6, 6.07) is 13.5. The van der Waals surface area contributed by atoms with E-state index in [1.165, 1.54) is 12.1 Å². The fourth-order valence-corrected chi connectivity index (χ4v) is 6.25. The Hall–Kier alpha value is -2.94. The summed E-state index contributed by atoms with van der Waals surface area (Å²) in [6.07, 6.45) is 2.74. The molecule has 0 radical (unpaired) electrons. The Bertz CT molecular complexity index is 1210. The Labute approximate surface area is 192 Å². The average molecular weight is 472 g/mol. The second-order valence-electron chi connectivity index (χ2n) is 8.63. The van der Waals surface area contributed by atoms with Crippen molar-refractivity contribution in [3.8, 4) is 5.75 Å². The molecule has 9 heteroatoms. The van der Waals surface area contributed by atoms with E-state index in [0.29, 0.717) is 55.0 Å². The highest BCUT2D eigenvalue weighted by atomic mass is 32.2. The monoisotopic (exact) mass is 471 g/mol. The molecule has 2 aliphatic rings. The number of hydrogen-bond acceptors (Lipinski definition) is 7. The van der Waals surface area contributed by atoms with Crippen LogP contribution in [0.1, 0.15) is 44.0 Å². The molecule has 7 nitrogen and oxygen atoms in total. The van der Waals surface area contributed by atoms with Gasteiger partial charge in [-0.2, -0.15) is 4.98 Å². The van der Waals surface area contributed by atoms with Crippen LogP contribution in [0.2, 0.25) is 0 Å². The van der Waals surface area contributed by atoms with Crippen LogP contribution in [0.15, 0.2) is 57.9 Å². The summed E-state index contributed by atoms with van der Waals surface area (Å²) in [5.41, 5.74) is 0.668. The van der Waals surface area contributed by atoms with Crippen molar-refractivity contribution in [2.24, 2.45) is 0 Å². The number of aromatic nitrogens is 2. The lowest BCUT2D eigenvalue weighted by Gasteiger charge is -2.30. The molecule has 0 N–H and O–H groups in total. The molecular formula is C24H26FN3O4S. The van der Waals surface area contributed by atoms with E-state index in [9.17, 15) is 12.8 Å². The average Bonchev–Trinajstić information content (AvgIpc) is 3.49. The molecular weight excluding hydrogens is 445 g/mol. The van der Waals surface area contributed by atoms with E-state index in [-0.39, 0.29) is 11.2 Å². The number of halogens is 1. The minimum atomic E-state index is -3.43. The van der Waals surface area contributed by atoms with Gasteiger partial charge in [-0.3, -0.25) is 0 Å². The van der Waals surface area contributed by atoms with Crippen molar-refractivity contribution < 1.29 is 22.1 Å². The van der Waals surface area contributed by atoms with Crippen LogP contribution in [0.3, 0.4) is 0 Å². The topological polar surface area (TPSA) is 85.5 Å². The van der Waals surface area contributed by atoms with Gasteiger partial charge in [-0.1, -0.05) is 17.3 Å². The Kier molecular flexibility index (Phi) is 5.60. The third kappa shape index (κ3) is 4.10. The molecule has 1 aromatic heterocycles. The van der Waals surface area contributed by atoms with Crippen LogP contribution < -0.4 is 9.64 Å². The summed E-state index contributed by atoms with van der Waals surface area (Å²) in [5.74, 6) is 0.993. The minimum Gasteiger partial charge on any atom is -0.494 e. The van der Waals surface area contributed by atoms with E-state index >= 15 is 0 Å². The Morgan fingerprint density at radius 1 is 1.09 bits per heavy atom. The maximum absolute atomic E-state index is 13.3. The Morgan fingerprint density at radius 2 is 1.76 bits per heavy atom. The van der Waals surface area contributed by atoms with Gasteiger partial charge in [0.1, 0.15) is 11.6 Å². The number of hydrogen-bond donors (Lipinski definition) is 0. The molecule has 3 aromatic rings. The molecule has 0 bridgehead atoms. The summed E-state index contributed by atoms with van der Waals surface area (Å²) in [5, 5.41) is 3.76. The van der Waals surface area contributed by atoms with Crippen molar-refractivity contribution >= 4 is 15.9 Å². The molecule has 2 heterocycles. The molecule has 33 heavy (non-hydrogen) atoms. The van der Waals surface area contributed by atoms with Crippen molar-refractivity contribution in [3.05, 3.63) is 65.7 Å². The third-order valence-corrected chi connectivity index (χ3v) is 8.88. The van der Waals surface area contributed by atoms with Gasteiger partial charge in [-0.15, -0.1) is 0 Å². The van der Waals surface area contributed by atoms with Gasteiger partial charge in [0.2, 0.25) is 0 Å². The van der Waals surface area contributed by atoms with Crippen molar-refractivity contribution in [1.82, 2.24) is 10.1 Å². The minimum absolute atomic E-state index is 0.272. The number of anilines is 1. The lowest BCUT2D eigenvalue weighted by Crippen LogP contribution is -2.39. The second-order valence-corrected chi connectivity index (χ2v) is 10.9. The van der Waals surface area contributed by atoms with Crippen LogP contribution in [0.25, 0.3) is 0 Å². The zero-order valence-electron chi connectivity index (χ0n) is 18.4. The molecule has 1 saturated carbocycles. The maximum atomic E-state index is 13.3. The van der Waals surface area contributed by atoms with Crippen LogP contribution in [-0.4, -0.2) is 43.5 Å². The van der Waals surface area contributed by atoms with E-state index in [4.69, 9.17) is 9.26 Å². The SMILES string of the molecule is CCOc1ccc(S(=O)(=O)C2CCN(c3nc(C4(c5ccc(F)cc5)CC4)no3)CC2)cc1. The standard InChI is InChI=1S/C24H26FN3O4S/c1-2-31-19-7-9-20(10-8-19)33(29,30)21-11-15-28(16-12-21)23-26-22(27-32-23)24(13-14-24)17-3-5-18(25)6-4-17/h3-10,21H,2,11-16H2,1H3. The largest absolute Gasteiger partial charge is 0.494 e. The first-order valence-corrected chi connectivity index (χ1v) is 12.8. The molecule has 174 valence electrons. The quantitative estimate of drug-likeness (QED) is 0.512. The Morgan fingerprint density at radius 3 is 2.36 bits per heavy atom. The van der Waals surface area contributed by atoms with Crippen molar-refractivity contribution in [1.29, 1.82) is 0 Å². The predicted octanol–water partition coefficient (Wildman–Crippen LogP) is 4.13. The molecule has 2 fully saturated rings. The molecule has 0 unspecified atom stereocenters. The van der Waals surface area contributed by atoms with Gasteiger partial charge < -0.3 is 14.2 Å². The smallest absolute Gasteiger partial charge is 0.324 e. The summed E-state index contributed by atoms with van der Waals surface area (Å²) in [6.45, 7) is 3.46. The number of piperidine rings is 1. The number of sulfone groups is 1. The number of rotatable bonds is 7. The van der Waals surface area contributed by atoms with Gasteiger partial charge in [0.25, 0.3) is 0 Å². The molecule has 0 spiro atoms. The summed E-state index contributed by atoms with van der Waals surface area (Å²) >= 11 is 0. The molecule has 1 aliphatic carbocycles. The maximum Gasteiger partial charge on any atom is 0.324 e. The first kappa shape index (κ1) is 21.9. The van der Waals surface area contributed by atoms with Gasteiger partial charge >= 0.3 is 6.01 Å². The highest BCUT2D eigenvalue weighted by Crippen LogP contribution is 2.52. The first-order valence-electron chi connectivity index (χ1n) is 11.2. The zero-order chi connectivity index (χ0) is 23.1. The van der Waals surface area contributed by atoms with Crippen molar-refractivity contribution in [2.75, 3.05) is 24.6 Å². The van der Waals surface area contributed by atoms with Crippen LogP contribution in [0.4, 0.5) is 10.4 Å². The third-order valence-electron chi connectivity index (χ3n) is 6.60. The second kappa shape index (κ2) is 8.44. The van der Waals surface area contributed by atoms with Crippen molar-refractivity contribution in [3.63, 3.8) is 0 Å². The molecule has 5 rings (SSSR count). The summed E-state index contributed by atoms with van der Waals surface area (Å²) in [4.78, 5) is 6.90. The molecule has 2 aromatic carbocycles. The highest BCUT2D eigenvalue weighted by Gasteiger charge is 2.50. The molecule has 0 amide bonds. The van der Waals surface area contributed by atoms with Crippen LogP contribution in [-0.2, 0) is 15.3 Å². The fourth-order valence-electron chi connectivity index (χ4n) is 4.52. The first-order chi connectivity index (χ1) is 15.9. The van der Waals surface area contributed by atoms with E-state index < -0.39 is 15.1 Å². The van der Waals surface area contributed by atoms with E-state index in [1.54, 1.807) is 36.4 Å². The van der Waals surface area contributed by atoms with E-state index in [0.717, 1.165) is 18.4 Å². The molecule has 1 saturated heterocycles. The lowest BCUT2D eigenvalue weighted by molar-refractivity contribution is 0.340. The zero-order valence-corrected chi connectivity index (χ0v) is 19.2. The summed E-state index contributed by atoms with van der Waals surface area (Å²) < 4.78 is 50.4. The fraction of sp³-hybridized carbons (Fsp3) is 0.417. The van der Waals surface area contributed by atoms with Gasteiger partial charge in [-0.25, -0.2) is 12.8 Å². The van der Waals surface area contributed by atoms with Crippen LogP contribution in [0.5, 0.6) is 5.75 Å². The van der Waals surface area contributed by atoms with Gasteiger partial charge in [0.15, 0.2) is 15.7 Å². The van der Waals surface area contributed by atoms with E-state index in [1.807, 2.05) is 11.8 Å². The van der Waals surface area contributed by atoms with Gasteiger partial charge in [0, 0.05) is 13.1 Å². The molecule has 1 aliphatic heterocycles. The highest BCUT2D eigenvalue weighted by molar-refractivity contribution is 7.92.